The maximum absolute atomic E-state index is 5.82. The Bertz CT molecular complexity index is 889. The summed E-state index contributed by atoms with van der Waals surface area (Å²) in [7, 11) is 0. The van der Waals surface area contributed by atoms with E-state index in [0.717, 1.165) is 31.0 Å². The molecule has 144 valence electrons. The first-order valence-electron chi connectivity index (χ1n) is 8.85. The molecule has 0 aliphatic heterocycles. The first-order valence-corrected chi connectivity index (χ1v) is 9.22. The first kappa shape index (κ1) is 21.5. The van der Waals surface area contributed by atoms with Crippen LogP contribution in [0.5, 0.6) is 0 Å². The molecule has 3 rings (SSSR count). The minimum Gasteiger partial charge on any atom is -0.361 e. The monoisotopic (exact) mass is 497 g/mol. The van der Waals surface area contributed by atoms with Crippen molar-refractivity contribution in [3.8, 4) is 0 Å². The quantitative estimate of drug-likeness (QED) is 0.204. The van der Waals surface area contributed by atoms with Crippen LogP contribution in [0.4, 0.5) is 0 Å². The highest BCUT2D eigenvalue weighted by Crippen LogP contribution is 2.19. The number of hydrogen-bond donors (Lipinski definition) is 3. The van der Waals surface area contributed by atoms with Crippen molar-refractivity contribution < 1.29 is 0 Å². The van der Waals surface area contributed by atoms with Gasteiger partial charge in [0.05, 0.1) is 6.54 Å². The van der Waals surface area contributed by atoms with Gasteiger partial charge in [0, 0.05) is 36.4 Å². The lowest BCUT2D eigenvalue weighted by molar-refractivity contribution is 0.801. The van der Waals surface area contributed by atoms with Crippen molar-refractivity contribution in [2.24, 2.45) is 4.99 Å². The number of benzene rings is 1. The molecule has 0 saturated carbocycles. The molecule has 0 spiro atoms. The number of nitrogens with zero attached hydrogens (tertiary/aromatic N) is 2. The molecule has 0 saturated heterocycles. The summed E-state index contributed by atoms with van der Waals surface area (Å²) in [5, 5.41) is 8.45. The number of rotatable bonds is 6. The number of H-pyrrole nitrogens is 1. The van der Waals surface area contributed by atoms with Gasteiger partial charge < -0.3 is 15.6 Å². The second-order valence-corrected chi connectivity index (χ2v) is 6.61. The number of hydrogen-bond acceptors (Lipinski definition) is 2. The van der Waals surface area contributed by atoms with Gasteiger partial charge in [0.25, 0.3) is 0 Å². The van der Waals surface area contributed by atoms with Crippen LogP contribution in [0.15, 0.2) is 47.7 Å². The summed E-state index contributed by atoms with van der Waals surface area (Å²) < 4.78 is 0. The molecule has 3 N–H and O–H groups in total. The van der Waals surface area contributed by atoms with E-state index in [-0.39, 0.29) is 24.0 Å². The molecule has 1 aromatic carbocycles. The number of aromatic nitrogens is 2. The van der Waals surface area contributed by atoms with E-state index in [9.17, 15) is 0 Å². The Hall–Kier alpha value is -1.80. The number of pyridine rings is 1. The van der Waals surface area contributed by atoms with E-state index in [1.54, 1.807) is 12.3 Å². The second-order valence-electron chi connectivity index (χ2n) is 6.22. The summed E-state index contributed by atoms with van der Waals surface area (Å²) in [5.74, 6) is 0.804. The molecule has 0 aliphatic rings. The zero-order chi connectivity index (χ0) is 18.4. The number of aryl methyl sites for hydroxylation is 1. The fraction of sp³-hybridized carbons (Fsp3) is 0.300. The Kier molecular flexibility index (Phi) is 8.37. The summed E-state index contributed by atoms with van der Waals surface area (Å²) >= 11 is 5.82. The maximum atomic E-state index is 5.82. The van der Waals surface area contributed by atoms with E-state index in [4.69, 9.17) is 11.6 Å². The van der Waals surface area contributed by atoms with Crippen molar-refractivity contribution in [1.82, 2.24) is 20.6 Å². The Morgan fingerprint density at radius 2 is 2.07 bits per heavy atom. The summed E-state index contributed by atoms with van der Waals surface area (Å²) in [6.07, 6.45) is 4.77. The SMILES string of the molecule is CCNC(=NCc1ccc(Cl)nc1)NCCc1c[nH]c2cc(C)ccc12.I. The van der Waals surface area contributed by atoms with E-state index in [1.165, 1.54) is 22.0 Å². The Labute approximate surface area is 182 Å². The third-order valence-electron chi connectivity index (χ3n) is 4.16. The van der Waals surface area contributed by atoms with E-state index < -0.39 is 0 Å². The summed E-state index contributed by atoms with van der Waals surface area (Å²) in [4.78, 5) is 12.0. The molecule has 0 unspecified atom stereocenters. The molecule has 0 bridgehead atoms. The first-order chi connectivity index (χ1) is 12.7. The molecular weight excluding hydrogens is 473 g/mol. The number of halogens is 2. The van der Waals surface area contributed by atoms with Crippen molar-refractivity contribution in [3.63, 3.8) is 0 Å². The van der Waals surface area contributed by atoms with Gasteiger partial charge in [0.15, 0.2) is 5.96 Å². The predicted molar refractivity (Wildman–Crippen MR) is 124 cm³/mol. The van der Waals surface area contributed by atoms with E-state index in [0.29, 0.717) is 11.7 Å². The molecule has 7 heteroatoms. The third kappa shape index (κ3) is 6.10. The van der Waals surface area contributed by atoms with Gasteiger partial charge in [0.1, 0.15) is 5.15 Å². The van der Waals surface area contributed by atoms with Gasteiger partial charge in [-0.15, -0.1) is 24.0 Å². The highest BCUT2D eigenvalue weighted by atomic mass is 127. The molecule has 3 aromatic rings. The summed E-state index contributed by atoms with van der Waals surface area (Å²) in [6.45, 7) is 6.36. The molecule has 0 fully saturated rings. The Morgan fingerprint density at radius 1 is 1.22 bits per heavy atom. The number of aromatic amines is 1. The molecule has 2 aromatic heterocycles. The van der Waals surface area contributed by atoms with Crippen LogP contribution in [-0.4, -0.2) is 29.0 Å². The average Bonchev–Trinajstić information content (AvgIpc) is 3.03. The normalized spacial score (nSPS) is 11.3. The van der Waals surface area contributed by atoms with Gasteiger partial charge in [-0.2, -0.15) is 0 Å². The minimum absolute atomic E-state index is 0. The van der Waals surface area contributed by atoms with Crippen LogP contribution in [-0.2, 0) is 13.0 Å². The third-order valence-corrected chi connectivity index (χ3v) is 4.39. The highest BCUT2D eigenvalue weighted by Gasteiger charge is 2.04. The van der Waals surface area contributed by atoms with Crippen LogP contribution >= 0.6 is 35.6 Å². The number of aliphatic imine (C=N–C) groups is 1. The predicted octanol–water partition coefficient (Wildman–Crippen LogP) is 4.44. The van der Waals surface area contributed by atoms with Crippen LogP contribution in [0.25, 0.3) is 10.9 Å². The zero-order valence-corrected chi connectivity index (χ0v) is 18.6. The van der Waals surface area contributed by atoms with Gasteiger partial charge in [-0.1, -0.05) is 29.8 Å². The van der Waals surface area contributed by atoms with Crippen molar-refractivity contribution in [2.75, 3.05) is 13.1 Å². The van der Waals surface area contributed by atoms with E-state index >= 15 is 0 Å². The largest absolute Gasteiger partial charge is 0.361 e. The van der Waals surface area contributed by atoms with Gasteiger partial charge in [-0.3, -0.25) is 0 Å². The van der Waals surface area contributed by atoms with Gasteiger partial charge in [-0.25, -0.2) is 9.98 Å². The molecule has 27 heavy (non-hydrogen) atoms. The number of fused-ring (bicyclic) bond motifs is 1. The molecule has 2 heterocycles. The molecule has 0 amide bonds. The zero-order valence-electron chi connectivity index (χ0n) is 15.6. The molecule has 0 radical (unpaired) electrons. The summed E-state index contributed by atoms with van der Waals surface area (Å²) in [5.41, 5.74) is 4.79. The van der Waals surface area contributed by atoms with Crippen molar-refractivity contribution >= 4 is 52.4 Å². The summed E-state index contributed by atoms with van der Waals surface area (Å²) in [6, 6.07) is 10.2. The van der Waals surface area contributed by atoms with Gasteiger partial charge >= 0.3 is 0 Å². The van der Waals surface area contributed by atoms with Crippen LogP contribution in [0, 0.1) is 6.92 Å². The van der Waals surface area contributed by atoms with Gasteiger partial charge in [-0.05, 0) is 49.1 Å². The topological polar surface area (TPSA) is 65.1 Å². The van der Waals surface area contributed by atoms with Crippen molar-refractivity contribution in [3.05, 3.63) is 64.6 Å². The molecule has 0 atom stereocenters. The maximum Gasteiger partial charge on any atom is 0.191 e. The number of guanidine groups is 1. The molecule has 5 nitrogen and oxygen atoms in total. The van der Waals surface area contributed by atoms with Gasteiger partial charge in [0.2, 0.25) is 0 Å². The smallest absolute Gasteiger partial charge is 0.191 e. The van der Waals surface area contributed by atoms with Crippen LogP contribution in [0.1, 0.15) is 23.6 Å². The fourth-order valence-corrected chi connectivity index (χ4v) is 2.95. The lowest BCUT2D eigenvalue weighted by Gasteiger charge is -2.11. The van der Waals surface area contributed by atoms with Crippen LogP contribution < -0.4 is 10.6 Å². The second kappa shape index (κ2) is 10.5. The Morgan fingerprint density at radius 3 is 2.81 bits per heavy atom. The Balaban J connectivity index is 0.00000261. The van der Waals surface area contributed by atoms with Crippen molar-refractivity contribution in [2.45, 2.75) is 26.8 Å². The molecular formula is C20H25ClIN5. The van der Waals surface area contributed by atoms with Crippen molar-refractivity contribution in [1.29, 1.82) is 0 Å². The van der Waals surface area contributed by atoms with Crippen LogP contribution in [0.2, 0.25) is 5.15 Å². The van der Waals surface area contributed by atoms with E-state index in [2.05, 4.69) is 63.8 Å². The molecule has 0 aliphatic carbocycles. The lowest BCUT2D eigenvalue weighted by atomic mass is 10.1. The average molecular weight is 498 g/mol. The minimum atomic E-state index is 0. The fourth-order valence-electron chi connectivity index (χ4n) is 2.83. The standard InChI is InChI=1S/C20H24ClN5.HI/c1-3-22-20(26-12-15-5-7-19(21)25-11-15)23-9-8-16-13-24-18-10-14(2)4-6-17(16)18;/h4-7,10-11,13,24H,3,8-9,12H2,1-2H3,(H2,22,23,26);1H. The number of nitrogens with one attached hydrogen (secondary N) is 3. The lowest BCUT2D eigenvalue weighted by Crippen LogP contribution is -2.38. The van der Waals surface area contributed by atoms with Crippen LogP contribution in [0.3, 0.4) is 0 Å². The highest BCUT2D eigenvalue weighted by molar-refractivity contribution is 14.0. The van der Waals surface area contributed by atoms with E-state index in [1.807, 2.05) is 6.07 Å².